The largest absolute Gasteiger partial charge is 0.347 e. The third-order valence-electron chi connectivity index (χ3n) is 7.21. The molecule has 1 aromatic carbocycles. The molecule has 2 fully saturated rings. The second kappa shape index (κ2) is 6.20. The van der Waals surface area contributed by atoms with Crippen LogP contribution in [0.4, 0.5) is 0 Å². The summed E-state index contributed by atoms with van der Waals surface area (Å²) in [4.78, 5) is 18.1. The number of rotatable bonds is 3. The van der Waals surface area contributed by atoms with Gasteiger partial charge in [0.2, 0.25) is 0 Å². The Kier molecular flexibility index (Phi) is 3.90. The SMILES string of the molecule is CC1(C)C2CCC(C2)C1NC(=O)c1nc(-c2ccccc2)n2c1CNCC2. The van der Waals surface area contributed by atoms with Crippen molar-refractivity contribution in [3.63, 3.8) is 0 Å². The first-order valence-corrected chi connectivity index (χ1v) is 10.2. The molecule has 2 N–H and O–H groups in total. The number of carbonyl (C=O) groups is 1. The molecule has 2 aliphatic carbocycles. The van der Waals surface area contributed by atoms with Crippen molar-refractivity contribution in [2.45, 2.75) is 52.2 Å². The Bertz CT molecular complexity index is 870. The minimum absolute atomic E-state index is 0.00439. The van der Waals surface area contributed by atoms with Crippen molar-refractivity contribution in [2.24, 2.45) is 17.3 Å². The van der Waals surface area contributed by atoms with Gasteiger partial charge in [-0.05, 0) is 36.5 Å². The number of aromatic nitrogens is 2. The average Bonchev–Trinajstić information content (AvgIpc) is 3.36. The highest BCUT2D eigenvalue weighted by molar-refractivity contribution is 5.94. The summed E-state index contributed by atoms with van der Waals surface area (Å²) < 4.78 is 2.21. The molecule has 5 heteroatoms. The molecule has 5 rings (SSSR count). The first-order valence-electron chi connectivity index (χ1n) is 10.2. The van der Waals surface area contributed by atoms with Crippen LogP contribution in [0.3, 0.4) is 0 Å². The van der Waals surface area contributed by atoms with Crippen LogP contribution in [0.25, 0.3) is 11.4 Å². The van der Waals surface area contributed by atoms with Gasteiger partial charge in [0.1, 0.15) is 5.82 Å². The molecule has 142 valence electrons. The quantitative estimate of drug-likeness (QED) is 0.879. The van der Waals surface area contributed by atoms with Crippen molar-refractivity contribution < 1.29 is 4.79 Å². The molecule has 27 heavy (non-hydrogen) atoms. The van der Waals surface area contributed by atoms with E-state index in [1.54, 1.807) is 0 Å². The Morgan fingerprint density at radius 2 is 2.07 bits per heavy atom. The average molecular weight is 364 g/mol. The second-order valence-corrected chi connectivity index (χ2v) is 8.97. The predicted octanol–water partition coefficient (Wildman–Crippen LogP) is 3.21. The molecule has 1 amide bonds. The van der Waals surface area contributed by atoms with Crippen molar-refractivity contribution >= 4 is 5.91 Å². The van der Waals surface area contributed by atoms with Gasteiger partial charge < -0.3 is 15.2 Å². The van der Waals surface area contributed by atoms with E-state index in [1.807, 2.05) is 18.2 Å². The molecule has 1 aliphatic heterocycles. The predicted molar refractivity (Wildman–Crippen MR) is 105 cm³/mol. The Hall–Kier alpha value is -2.14. The van der Waals surface area contributed by atoms with Crippen LogP contribution < -0.4 is 10.6 Å². The van der Waals surface area contributed by atoms with Gasteiger partial charge in [0.05, 0.1) is 5.69 Å². The number of amides is 1. The van der Waals surface area contributed by atoms with Crippen molar-refractivity contribution in [3.05, 3.63) is 41.7 Å². The van der Waals surface area contributed by atoms with Gasteiger partial charge in [0.15, 0.2) is 5.69 Å². The van der Waals surface area contributed by atoms with Crippen LogP contribution in [-0.4, -0.2) is 28.0 Å². The number of benzene rings is 1. The van der Waals surface area contributed by atoms with Crippen LogP contribution in [0.5, 0.6) is 0 Å². The lowest BCUT2D eigenvalue weighted by Crippen LogP contribution is -2.49. The molecule has 3 atom stereocenters. The maximum atomic E-state index is 13.3. The zero-order valence-corrected chi connectivity index (χ0v) is 16.2. The molecule has 2 bridgehead atoms. The van der Waals surface area contributed by atoms with Crippen molar-refractivity contribution in [2.75, 3.05) is 6.54 Å². The fourth-order valence-corrected chi connectivity index (χ4v) is 5.66. The van der Waals surface area contributed by atoms with E-state index in [2.05, 4.69) is 41.2 Å². The summed E-state index contributed by atoms with van der Waals surface area (Å²) in [5.41, 5.74) is 2.86. The fourth-order valence-electron chi connectivity index (χ4n) is 5.66. The van der Waals surface area contributed by atoms with Gasteiger partial charge in [-0.2, -0.15) is 0 Å². The molecule has 3 aliphatic rings. The molecule has 2 heterocycles. The number of hydrogen-bond donors (Lipinski definition) is 2. The topological polar surface area (TPSA) is 59.0 Å². The van der Waals surface area contributed by atoms with Gasteiger partial charge >= 0.3 is 0 Å². The summed E-state index contributed by atoms with van der Waals surface area (Å²) >= 11 is 0. The summed E-state index contributed by atoms with van der Waals surface area (Å²) in [5, 5.41) is 6.79. The standard InChI is InChI=1S/C22H28N4O/c1-22(2)16-9-8-15(12-16)19(22)25-21(27)18-17-13-23-10-11-26(17)20(24-18)14-6-4-3-5-7-14/h3-7,15-16,19,23H,8-13H2,1-2H3,(H,25,27). The molecular formula is C22H28N4O. The lowest BCUT2D eigenvalue weighted by Gasteiger charge is -2.38. The van der Waals surface area contributed by atoms with E-state index < -0.39 is 0 Å². The van der Waals surface area contributed by atoms with Crippen molar-refractivity contribution in [1.29, 1.82) is 0 Å². The van der Waals surface area contributed by atoms with E-state index in [-0.39, 0.29) is 17.4 Å². The van der Waals surface area contributed by atoms with E-state index in [0.29, 0.717) is 18.2 Å². The Balaban J connectivity index is 1.48. The van der Waals surface area contributed by atoms with Gasteiger partial charge in [0, 0.05) is 31.2 Å². The molecule has 2 aromatic rings. The first-order chi connectivity index (χ1) is 13.1. The van der Waals surface area contributed by atoms with E-state index in [9.17, 15) is 4.79 Å². The van der Waals surface area contributed by atoms with Crippen molar-refractivity contribution in [1.82, 2.24) is 20.2 Å². The highest BCUT2D eigenvalue weighted by Gasteiger charge is 2.53. The minimum atomic E-state index is -0.00439. The number of fused-ring (bicyclic) bond motifs is 3. The summed E-state index contributed by atoms with van der Waals surface area (Å²) in [6, 6.07) is 10.5. The smallest absolute Gasteiger partial charge is 0.272 e. The van der Waals surface area contributed by atoms with Crippen molar-refractivity contribution in [3.8, 4) is 11.4 Å². The second-order valence-electron chi connectivity index (χ2n) is 8.97. The third-order valence-corrected chi connectivity index (χ3v) is 7.21. The molecule has 5 nitrogen and oxygen atoms in total. The highest BCUT2D eigenvalue weighted by atomic mass is 16.2. The zero-order valence-electron chi connectivity index (χ0n) is 16.2. The number of carbonyl (C=O) groups excluding carboxylic acids is 1. The summed E-state index contributed by atoms with van der Waals surface area (Å²) in [6.45, 7) is 7.09. The van der Waals surface area contributed by atoms with Gasteiger partial charge in [-0.25, -0.2) is 4.98 Å². The van der Waals surface area contributed by atoms with Crippen LogP contribution in [0.15, 0.2) is 30.3 Å². The molecular weight excluding hydrogens is 336 g/mol. The number of hydrogen-bond acceptors (Lipinski definition) is 3. The first kappa shape index (κ1) is 17.0. The summed E-state index contributed by atoms with van der Waals surface area (Å²) in [7, 11) is 0. The fraction of sp³-hybridized carbons (Fsp3) is 0.545. The van der Waals surface area contributed by atoms with Gasteiger partial charge in [0.25, 0.3) is 5.91 Å². The lowest BCUT2D eigenvalue weighted by atomic mass is 9.73. The monoisotopic (exact) mass is 364 g/mol. The third kappa shape index (κ3) is 2.63. The maximum absolute atomic E-state index is 13.3. The molecule has 3 unspecified atom stereocenters. The van der Waals surface area contributed by atoms with Crippen LogP contribution in [0, 0.1) is 17.3 Å². The minimum Gasteiger partial charge on any atom is -0.347 e. The van der Waals surface area contributed by atoms with E-state index in [4.69, 9.17) is 4.98 Å². The van der Waals surface area contributed by atoms with E-state index >= 15 is 0 Å². The van der Waals surface area contributed by atoms with Gasteiger partial charge in [-0.15, -0.1) is 0 Å². The normalized spacial score (nSPS) is 28.1. The van der Waals surface area contributed by atoms with Crippen LogP contribution in [-0.2, 0) is 13.1 Å². The number of imidazole rings is 1. The lowest BCUT2D eigenvalue weighted by molar-refractivity contribution is 0.0831. The molecule has 2 saturated carbocycles. The number of nitrogens with one attached hydrogen (secondary N) is 2. The number of nitrogens with zero attached hydrogens (tertiary/aromatic N) is 2. The Morgan fingerprint density at radius 1 is 1.26 bits per heavy atom. The Labute approximate surface area is 160 Å². The zero-order chi connectivity index (χ0) is 18.6. The van der Waals surface area contributed by atoms with E-state index in [1.165, 1.54) is 19.3 Å². The summed E-state index contributed by atoms with van der Waals surface area (Å²) in [6.07, 6.45) is 3.82. The van der Waals surface area contributed by atoms with Crippen LogP contribution >= 0.6 is 0 Å². The molecule has 0 saturated heterocycles. The van der Waals surface area contributed by atoms with Gasteiger partial charge in [-0.3, -0.25) is 4.79 Å². The maximum Gasteiger partial charge on any atom is 0.272 e. The van der Waals surface area contributed by atoms with E-state index in [0.717, 1.165) is 36.1 Å². The summed E-state index contributed by atoms with van der Waals surface area (Å²) in [5.74, 6) is 2.27. The van der Waals surface area contributed by atoms with Crippen LogP contribution in [0.1, 0.15) is 49.3 Å². The molecule has 0 spiro atoms. The Morgan fingerprint density at radius 3 is 2.81 bits per heavy atom. The van der Waals surface area contributed by atoms with Crippen LogP contribution in [0.2, 0.25) is 0 Å². The highest BCUT2D eigenvalue weighted by Crippen LogP contribution is 2.55. The molecule has 0 radical (unpaired) electrons. The molecule has 1 aromatic heterocycles. The van der Waals surface area contributed by atoms with Gasteiger partial charge in [-0.1, -0.05) is 44.2 Å².